The van der Waals surface area contributed by atoms with E-state index in [-0.39, 0.29) is 18.6 Å². The van der Waals surface area contributed by atoms with E-state index in [1.165, 1.54) is 11.1 Å². The van der Waals surface area contributed by atoms with Crippen LogP contribution in [0.25, 0.3) is 0 Å². The minimum absolute atomic E-state index is 0.0368. The summed E-state index contributed by atoms with van der Waals surface area (Å²) in [6, 6.07) is 15.6. The minimum Gasteiger partial charge on any atom is -0.485 e. The number of ether oxygens (including phenoxy) is 3. The van der Waals surface area contributed by atoms with Crippen molar-refractivity contribution in [3.8, 4) is 11.5 Å². The Hall–Kier alpha value is -2.53. The van der Waals surface area contributed by atoms with Gasteiger partial charge in [0.25, 0.3) is 5.91 Å². The summed E-state index contributed by atoms with van der Waals surface area (Å²) in [6.45, 7) is 4.11. The molecular formula is C20H21NO4. The molecule has 2 aromatic rings. The number of likely N-dealkylation sites (tertiary alicyclic amines) is 1. The Morgan fingerprint density at radius 2 is 1.84 bits per heavy atom. The number of fused-ring (bicyclic) bond motifs is 1. The van der Waals surface area contributed by atoms with E-state index in [0.29, 0.717) is 31.2 Å². The van der Waals surface area contributed by atoms with Gasteiger partial charge in [0.15, 0.2) is 11.5 Å². The van der Waals surface area contributed by atoms with Crippen LogP contribution in [0.4, 0.5) is 0 Å². The molecule has 1 amide bonds. The lowest BCUT2D eigenvalue weighted by atomic mass is 10.1. The molecule has 5 nitrogen and oxygen atoms in total. The molecule has 0 saturated carbocycles. The SMILES string of the molecule is Cc1ccccc1COC1CN(C(=O)[C@@H]2COc3ccccc3O2)C1. The van der Waals surface area contributed by atoms with Gasteiger partial charge in [-0.15, -0.1) is 0 Å². The average molecular weight is 339 g/mol. The lowest BCUT2D eigenvalue weighted by Gasteiger charge is -2.41. The maximum absolute atomic E-state index is 12.5. The maximum Gasteiger partial charge on any atom is 0.267 e. The monoisotopic (exact) mass is 339 g/mol. The summed E-state index contributed by atoms with van der Waals surface area (Å²) >= 11 is 0. The first-order valence-electron chi connectivity index (χ1n) is 8.54. The fourth-order valence-corrected chi connectivity index (χ4v) is 3.05. The number of aryl methyl sites for hydroxylation is 1. The molecule has 25 heavy (non-hydrogen) atoms. The Bertz CT molecular complexity index is 770. The molecule has 130 valence electrons. The summed E-state index contributed by atoms with van der Waals surface area (Å²) in [6.07, 6.45) is -0.493. The number of rotatable bonds is 4. The average Bonchev–Trinajstić information content (AvgIpc) is 2.61. The molecule has 0 aliphatic carbocycles. The van der Waals surface area contributed by atoms with Crippen molar-refractivity contribution in [3.05, 3.63) is 59.7 Å². The first-order chi connectivity index (χ1) is 12.2. The second-order valence-corrected chi connectivity index (χ2v) is 6.47. The molecule has 0 radical (unpaired) electrons. The second kappa shape index (κ2) is 6.76. The highest BCUT2D eigenvalue weighted by Gasteiger charge is 2.38. The highest BCUT2D eigenvalue weighted by Crippen LogP contribution is 2.31. The van der Waals surface area contributed by atoms with E-state index in [4.69, 9.17) is 14.2 Å². The molecule has 2 aliphatic rings. The van der Waals surface area contributed by atoms with E-state index in [2.05, 4.69) is 19.1 Å². The summed E-state index contributed by atoms with van der Waals surface area (Å²) in [5.41, 5.74) is 2.41. The molecule has 0 unspecified atom stereocenters. The molecule has 2 aliphatic heterocycles. The third-order valence-corrected chi connectivity index (χ3v) is 4.68. The number of hydrogen-bond donors (Lipinski definition) is 0. The van der Waals surface area contributed by atoms with Crippen molar-refractivity contribution in [2.24, 2.45) is 0 Å². The molecule has 0 N–H and O–H groups in total. The Balaban J connectivity index is 1.27. The van der Waals surface area contributed by atoms with Crippen LogP contribution in [-0.4, -0.2) is 42.7 Å². The predicted octanol–water partition coefficient (Wildman–Crippen LogP) is 2.56. The van der Waals surface area contributed by atoms with Crippen molar-refractivity contribution in [2.45, 2.75) is 25.7 Å². The van der Waals surface area contributed by atoms with Gasteiger partial charge < -0.3 is 19.1 Å². The number of para-hydroxylation sites is 2. The third kappa shape index (κ3) is 3.33. The van der Waals surface area contributed by atoms with Gasteiger partial charge >= 0.3 is 0 Å². The summed E-state index contributed by atoms with van der Waals surface area (Å²) in [4.78, 5) is 14.3. The Kier molecular flexibility index (Phi) is 4.32. The van der Waals surface area contributed by atoms with Crippen LogP contribution in [-0.2, 0) is 16.1 Å². The zero-order valence-electron chi connectivity index (χ0n) is 14.2. The topological polar surface area (TPSA) is 48.0 Å². The van der Waals surface area contributed by atoms with E-state index in [1.54, 1.807) is 4.90 Å². The van der Waals surface area contributed by atoms with Gasteiger partial charge in [0.1, 0.15) is 6.61 Å². The predicted molar refractivity (Wildman–Crippen MR) is 92.7 cm³/mol. The zero-order valence-corrected chi connectivity index (χ0v) is 14.2. The number of nitrogens with zero attached hydrogens (tertiary/aromatic N) is 1. The van der Waals surface area contributed by atoms with Crippen LogP contribution in [0.1, 0.15) is 11.1 Å². The molecule has 5 heteroatoms. The molecule has 1 fully saturated rings. The van der Waals surface area contributed by atoms with Crippen LogP contribution in [0.3, 0.4) is 0 Å². The van der Waals surface area contributed by atoms with Crippen molar-refractivity contribution < 1.29 is 19.0 Å². The second-order valence-electron chi connectivity index (χ2n) is 6.47. The fourth-order valence-electron chi connectivity index (χ4n) is 3.05. The van der Waals surface area contributed by atoms with Gasteiger partial charge in [-0.3, -0.25) is 4.79 Å². The maximum atomic E-state index is 12.5. The van der Waals surface area contributed by atoms with Crippen LogP contribution in [0, 0.1) is 6.92 Å². The normalized spacial score (nSPS) is 19.4. The van der Waals surface area contributed by atoms with E-state index in [9.17, 15) is 4.79 Å². The highest BCUT2D eigenvalue weighted by atomic mass is 16.6. The number of hydrogen-bond acceptors (Lipinski definition) is 4. The summed E-state index contributed by atoms with van der Waals surface area (Å²) in [5.74, 6) is 1.28. The zero-order chi connectivity index (χ0) is 17.2. The van der Waals surface area contributed by atoms with Crippen molar-refractivity contribution in [1.29, 1.82) is 0 Å². The number of benzene rings is 2. The first-order valence-corrected chi connectivity index (χ1v) is 8.54. The number of carbonyl (C=O) groups excluding carboxylic acids is 1. The third-order valence-electron chi connectivity index (χ3n) is 4.68. The molecule has 4 rings (SSSR count). The van der Waals surface area contributed by atoms with E-state index >= 15 is 0 Å². The van der Waals surface area contributed by atoms with E-state index in [1.807, 2.05) is 36.4 Å². The summed E-state index contributed by atoms with van der Waals surface area (Å²) < 4.78 is 17.3. The number of carbonyl (C=O) groups is 1. The van der Waals surface area contributed by atoms with Gasteiger partial charge in [0.05, 0.1) is 12.7 Å². The molecule has 2 aromatic carbocycles. The summed E-state index contributed by atoms with van der Waals surface area (Å²) in [7, 11) is 0. The lowest BCUT2D eigenvalue weighted by molar-refractivity contribution is -0.155. The van der Waals surface area contributed by atoms with Crippen molar-refractivity contribution >= 4 is 5.91 Å². The van der Waals surface area contributed by atoms with Crippen molar-refractivity contribution in [3.63, 3.8) is 0 Å². The summed E-state index contributed by atoms with van der Waals surface area (Å²) in [5, 5.41) is 0. The highest BCUT2D eigenvalue weighted by molar-refractivity contribution is 5.82. The molecule has 1 saturated heterocycles. The van der Waals surface area contributed by atoms with Gasteiger partial charge in [-0.05, 0) is 30.2 Å². The smallest absolute Gasteiger partial charge is 0.267 e. The van der Waals surface area contributed by atoms with Crippen LogP contribution in [0.15, 0.2) is 48.5 Å². The van der Waals surface area contributed by atoms with Crippen LogP contribution < -0.4 is 9.47 Å². The van der Waals surface area contributed by atoms with E-state index < -0.39 is 6.10 Å². The molecule has 0 spiro atoms. The van der Waals surface area contributed by atoms with Gasteiger partial charge in [-0.25, -0.2) is 0 Å². The van der Waals surface area contributed by atoms with Crippen molar-refractivity contribution in [2.75, 3.05) is 19.7 Å². The van der Waals surface area contributed by atoms with Gasteiger partial charge in [-0.1, -0.05) is 36.4 Å². The molecule has 2 heterocycles. The minimum atomic E-state index is -0.577. The molecule has 0 aromatic heterocycles. The van der Waals surface area contributed by atoms with Gasteiger partial charge in [0.2, 0.25) is 6.10 Å². The Morgan fingerprint density at radius 1 is 1.12 bits per heavy atom. The van der Waals surface area contributed by atoms with Crippen molar-refractivity contribution in [1.82, 2.24) is 4.90 Å². The van der Waals surface area contributed by atoms with Gasteiger partial charge in [0, 0.05) is 13.1 Å². The van der Waals surface area contributed by atoms with Crippen LogP contribution in [0.2, 0.25) is 0 Å². The number of amides is 1. The fraction of sp³-hybridized carbons (Fsp3) is 0.350. The van der Waals surface area contributed by atoms with E-state index in [0.717, 1.165) is 0 Å². The van der Waals surface area contributed by atoms with Gasteiger partial charge in [-0.2, -0.15) is 0 Å². The molecule has 1 atom stereocenters. The Morgan fingerprint density at radius 3 is 2.64 bits per heavy atom. The molecular weight excluding hydrogens is 318 g/mol. The largest absolute Gasteiger partial charge is 0.485 e. The first kappa shape index (κ1) is 16.0. The Labute approximate surface area is 147 Å². The van der Waals surface area contributed by atoms with Crippen LogP contribution in [0.5, 0.6) is 11.5 Å². The standard InChI is InChI=1S/C20H21NO4/c1-14-6-2-3-7-15(14)12-23-16-10-21(11-16)20(22)19-13-24-17-8-4-5-9-18(17)25-19/h2-9,16,19H,10-13H2,1H3/t19-/m0/s1. The lowest BCUT2D eigenvalue weighted by Crippen LogP contribution is -2.59. The quantitative estimate of drug-likeness (QED) is 0.859. The molecule has 0 bridgehead atoms. The van der Waals surface area contributed by atoms with Crippen LogP contribution >= 0.6 is 0 Å².